The van der Waals surface area contributed by atoms with Crippen LogP contribution in [0.2, 0.25) is 0 Å². The Morgan fingerprint density at radius 3 is 2.21 bits per heavy atom. The van der Waals surface area contributed by atoms with Gasteiger partial charge >= 0.3 is 0 Å². The van der Waals surface area contributed by atoms with Crippen molar-refractivity contribution in [3.8, 4) is 0 Å². The van der Waals surface area contributed by atoms with Crippen LogP contribution in [0, 0.1) is 5.92 Å². The van der Waals surface area contributed by atoms with Crippen molar-refractivity contribution < 1.29 is 0 Å². The lowest BCUT2D eigenvalue weighted by Crippen LogP contribution is -2.58. The number of rotatable bonds is 8. The van der Waals surface area contributed by atoms with Crippen molar-refractivity contribution in [1.29, 1.82) is 0 Å². The van der Waals surface area contributed by atoms with Gasteiger partial charge in [0.05, 0.1) is 0 Å². The summed E-state index contributed by atoms with van der Waals surface area (Å²) in [6.07, 6.45) is 6.91. The van der Waals surface area contributed by atoms with E-state index in [2.05, 4.69) is 50.1 Å². The molecule has 0 saturated heterocycles. The van der Waals surface area contributed by atoms with Crippen LogP contribution in [0.5, 0.6) is 0 Å². The minimum atomic E-state index is 0.451. The van der Waals surface area contributed by atoms with E-state index in [1.165, 1.54) is 45.2 Å². The summed E-state index contributed by atoms with van der Waals surface area (Å²) in [6.45, 7) is 7.17. The highest BCUT2D eigenvalue weighted by Gasteiger charge is 2.40. The molecule has 0 aromatic rings. The molecular formula is C16H33N3. The summed E-state index contributed by atoms with van der Waals surface area (Å²) in [6, 6.07) is 1.49. The Hall–Kier alpha value is -0.120. The third-order valence-electron chi connectivity index (χ3n) is 5.60. The molecule has 1 N–H and O–H groups in total. The molecule has 3 heteroatoms. The van der Waals surface area contributed by atoms with E-state index in [9.17, 15) is 0 Å². The molecule has 112 valence electrons. The largest absolute Gasteiger partial charge is 0.314 e. The lowest BCUT2D eigenvalue weighted by Gasteiger charge is -2.50. The van der Waals surface area contributed by atoms with E-state index >= 15 is 0 Å². The fourth-order valence-electron chi connectivity index (χ4n) is 3.18. The average Bonchev–Trinajstić information content (AvgIpc) is 3.12. The first-order valence-corrected chi connectivity index (χ1v) is 8.06. The minimum Gasteiger partial charge on any atom is -0.314 e. The molecule has 0 aromatic heterocycles. The smallest absolute Gasteiger partial charge is 0.0330 e. The molecule has 0 spiro atoms. The van der Waals surface area contributed by atoms with Gasteiger partial charge in [0.25, 0.3) is 0 Å². The molecule has 2 atom stereocenters. The van der Waals surface area contributed by atoms with Crippen molar-refractivity contribution >= 4 is 0 Å². The molecule has 2 aliphatic rings. The molecule has 2 fully saturated rings. The van der Waals surface area contributed by atoms with Crippen LogP contribution in [0.4, 0.5) is 0 Å². The maximum Gasteiger partial charge on any atom is 0.0330 e. The van der Waals surface area contributed by atoms with E-state index in [1.807, 2.05) is 0 Å². The molecule has 2 unspecified atom stereocenters. The Bertz CT molecular complexity index is 282. The molecule has 0 radical (unpaired) electrons. The maximum absolute atomic E-state index is 3.67. The van der Waals surface area contributed by atoms with Gasteiger partial charge in [0.1, 0.15) is 0 Å². The zero-order chi connectivity index (χ0) is 14.0. The van der Waals surface area contributed by atoms with Crippen LogP contribution in [-0.2, 0) is 0 Å². The van der Waals surface area contributed by atoms with Crippen LogP contribution in [0.25, 0.3) is 0 Å². The van der Waals surface area contributed by atoms with Crippen molar-refractivity contribution in [2.45, 2.75) is 63.6 Å². The van der Waals surface area contributed by atoms with E-state index in [0.29, 0.717) is 11.6 Å². The molecule has 0 amide bonds. The number of nitrogens with one attached hydrogen (secondary N) is 1. The summed E-state index contributed by atoms with van der Waals surface area (Å²) in [5, 5.41) is 3.67. The van der Waals surface area contributed by atoms with E-state index in [0.717, 1.165) is 12.0 Å². The first kappa shape index (κ1) is 15.3. The van der Waals surface area contributed by atoms with Crippen LogP contribution < -0.4 is 5.32 Å². The Balaban J connectivity index is 1.78. The van der Waals surface area contributed by atoms with Gasteiger partial charge in [0, 0.05) is 24.2 Å². The molecule has 0 aliphatic heterocycles. The number of likely N-dealkylation sites (N-methyl/N-ethyl adjacent to an activating group) is 2. The van der Waals surface area contributed by atoms with Gasteiger partial charge < -0.3 is 15.1 Å². The van der Waals surface area contributed by atoms with Gasteiger partial charge in [-0.25, -0.2) is 0 Å². The van der Waals surface area contributed by atoms with E-state index in [4.69, 9.17) is 0 Å². The summed E-state index contributed by atoms with van der Waals surface area (Å²) in [5.74, 6) is 0.727. The van der Waals surface area contributed by atoms with Crippen LogP contribution >= 0.6 is 0 Å². The maximum atomic E-state index is 3.67. The zero-order valence-corrected chi connectivity index (χ0v) is 13.6. The quantitative estimate of drug-likeness (QED) is 0.727. The van der Waals surface area contributed by atoms with Gasteiger partial charge in [-0.3, -0.25) is 0 Å². The minimum absolute atomic E-state index is 0.451. The first-order valence-electron chi connectivity index (χ1n) is 8.06. The SMILES string of the molecule is CC(CNC1CC1)C(C)N(C)CC1(N(C)C)CCC1. The molecule has 2 aliphatic carbocycles. The molecule has 2 rings (SSSR count). The molecule has 0 heterocycles. The van der Waals surface area contributed by atoms with E-state index in [1.54, 1.807) is 0 Å². The van der Waals surface area contributed by atoms with Gasteiger partial charge in [0.15, 0.2) is 0 Å². The summed E-state index contributed by atoms with van der Waals surface area (Å²) < 4.78 is 0. The predicted molar refractivity (Wildman–Crippen MR) is 82.5 cm³/mol. The molecule has 3 nitrogen and oxygen atoms in total. The summed E-state index contributed by atoms with van der Waals surface area (Å²) in [4.78, 5) is 5.03. The third kappa shape index (κ3) is 3.71. The molecule has 0 aromatic carbocycles. The molecule has 19 heavy (non-hydrogen) atoms. The van der Waals surface area contributed by atoms with Crippen molar-refractivity contribution in [3.63, 3.8) is 0 Å². The van der Waals surface area contributed by atoms with Crippen LogP contribution in [0.15, 0.2) is 0 Å². The Kier molecular flexibility index (Phi) is 4.91. The lowest BCUT2D eigenvalue weighted by atomic mass is 9.75. The van der Waals surface area contributed by atoms with Crippen LogP contribution in [0.1, 0.15) is 46.0 Å². The van der Waals surface area contributed by atoms with Crippen LogP contribution in [0.3, 0.4) is 0 Å². The van der Waals surface area contributed by atoms with E-state index in [-0.39, 0.29) is 0 Å². The molecule has 0 bridgehead atoms. The average molecular weight is 267 g/mol. The van der Waals surface area contributed by atoms with Crippen molar-refractivity contribution in [2.75, 3.05) is 34.2 Å². The summed E-state index contributed by atoms with van der Waals surface area (Å²) in [5.41, 5.74) is 0.451. The van der Waals surface area contributed by atoms with Gasteiger partial charge in [-0.05, 0) is 72.6 Å². The highest BCUT2D eigenvalue weighted by Crippen LogP contribution is 2.37. The highest BCUT2D eigenvalue weighted by atomic mass is 15.2. The number of nitrogens with zero attached hydrogens (tertiary/aromatic N) is 2. The second kappa shape index (κ2) is 6.11. The van der Waals surface area contributed by atoms with Gasteiger partial charge in [-0.1, -0.05) is 6.92 Å². The third-order valence-corrected chi connectivity index (χ3v) is 5.60. The normalized spacial score (nSPS) is 25.4. The molecule has 2 saturated carbocycles. The Morgan fingerprint density at radius 2 is 1.79 bits per heavy atom. The summed E-state index contributed by atoms with van der Waals surface area (Å²) in [7, 11) is 6.80. The Morgan fingerprint density at radius 1 is 1.16 bits per heavy atom. The molecular weight excluding hydrogens is 234 g/mol. The second-order valence-electron chi connectivity index (χ2n) is 7.29. The monoisotopic (exact) mass is 267 g/mol. The lowest BCUT2D eigenvalue weighted by molar-refractivity contribution is 0.0115. The van der Waals surface area contributed by atoms with Gasteiger partial charge in [-0.2, -0.15) is 0 Å². The number of hydrogen-bond donors (Lipinski definition) is 1. The fourth-order valence-corrected chi connectivity index (χ4v) is 3.18. The highest BCUT2D eigenvalue weighted by molar-refractivity contribution is 4.98. The predicted octanol–water partition coefficient (Wildman–Crippen LogP) is 2.18. The van der Waals surface area contributed by atoms with Crippen molar-refractivity contribution in [3.05, 3.63) is 0 Å². The zero-order valence-electron chi connectivity index (χ0n) is 13.6. The second-order valence-corrected chi connectivity index (χ2v) is 7.29. The van der Waals surface area contributed by atoms with Gasteiger partial charge in [0.2, 0.25) is 0 Å². The van der Waals surface area contributed by atoms with Gasteiger partial charge in [-0.15, -0.1) is 0 Å². The number of hydrogen-bond acceptors (Lipinski definition) is 3. The topological polar surface area (TPSA) is 18.5 Å². The summed E-state index contributed by atoms with van der Waals surface area (Å²) >= 11 is 0. The fraction of sp³-hybridized carbons (Fsp3) is 1.00. The van der Waals surface area contributed by atoms with E-state index < -0.39 is 0 Å². The van der Waals surface area contributed by atoms with Crippen molar-refractivity contribution in [2.24, 2.45) is 5.92 Å². The first-order chi connectivity index (χ1) is 8.94. The van der Waals surface area contributed by atoms with Crippen LogP contribution in [-0.4, -0.2) is 61.7 Å². The van der Waals surface area contributed by atoms with Crippen molar-refractivity contribution in [1.82, 2.24) is 15.1 Å². The standard InChI is InChI=1S/C16H33N3/c1-13(11-17-15-7-8-15)14(2)19(5)12-16(18(3)4)9-6-10-16/h13-15,17H,6-12H2,1-5H3. The Labute approximate surface area is 119 Å².